The Morgan fingerprint density at radius 3 is 2.55 bits per heavy atom. The van der Waals surface area contributed by atoms with Crippen LogP contribution in [0.4, 0.5) is 0 Å². The number of hydrogen-bond acceptors (Lipinski definition) is 6. The summed E-state index contributed by atoms with van der Waals surface area (Å²) in [7, 11) is 1.69. The number of halogens is 1. The van der Waals surface area contributed by atoms with E-state index in [1.165, 1.54) is 5.56 Å². The van der Waals surface area contributed by atoms with Crippen LogP contribution >= 0.6 is 24.0 Å². The average molecular weight is 568 g/mol. The van der Waals surface area contributed by atoms with E-state index in [1.807, 2.05) is 30.3 Å². The minimum atomic E-state index is 0. The van der Waals surface area contributed by atoms with Crippen LogP contribution in [-0.4, -0.2) is 64.2 Å². The van der Waals surface area contributed by atoms with Crippen molar-refractivity contribution in [1.82, 2.24) is 15.5 Å². The standard InChI is InChI=1S/C24H32N4O4.HI/c1-3-25-24(26-15-18-4-9-22-23(14-18)32-17-31-22)27-16-21(28-10-12-30-13-11-28)19-5-7-20(29-2)8-6-19;/h4-9,14,21H,3,10-13,15-17H2,1-2H3,(H2,25,26,27);1H. The zero-order valence-electron chi connectivity index (χ0n) is 19.2. The molecule has 2 N–H and O–H groups in total. The first kappa shape index (κ1) is 25.4. The van der Waals surface area contributed by atoms with Gasteiger partial charge in [0.15, 0.2) is 17.5 Å². The zero-order chi connectivity index (χ0) is 22.2. The molecule has 2 aromatic rings. The Bertz CT molecular complexity index is 904. The molecule has 0 aromatic heterocycles. The number of ether oxygens (including phenoxy) is 4. The highest BCUT2D eigenvalue weighted by atomic mass is 127. The van der Waals surface area contributed by atoms with E-state index in [4.69, 9.17) is 23.9 Å². The van der Waals surface area contributed by atoms with Gasteiger partial charge < -0.3 is 29.6 Å². The minimum absolute atomic E-state index is 0. The molecule has 180 valence electrons. The van der Waals surface area contributed by atoms with E-state index in [0.29, 0.717) is 6.54 Å². The van der Waals surface area contributed by atoms with Crippen LogP contribution in [0.2, 0.25) is 0 Å². The predicted octanol–water partition coefficient (Wildman–Crippen LogP) is 3.17. The van der Waals surface area contributed by atoms with Gasteiger partial charge in [0, 0.05) is 26.2 Å². The van der Waals surface area contributed by atoms with Crippen molar-refractivity contribution in [2.45, 2.75) is 19.5 Å². The molecule has 2 aromatic carbocycles. The van der Waals surface area contributed by atoms with Gasteiger partial charge in [0.25, 0.3) is 0 Å². The largest absolute Gasteiger partial charge is 0.497 e. The summed E-state index contributed by atoms with van der Waals surface area (Å²) in [6.07, 6.45) is 0. The number of nitrogens with one attached hydrogen (secondary N) is 2. The first-order valence-electron chi connectivity index (χ1n) is 11.1. The van der Waals surface area contributed by atoms with Crippen molar-refractivity contribution in [1.29, 1.82) is 0 Å². The van der Waals surface area contributed by atoms with Crippen LogP contribution in [0.25, 0.3) is 0 Å². The Kier molecular flexibility index (Phi) is 9.89. The van der Waals surface area contributed by atoms with E-state index in [9.17, 15) is 0 Å². The molecular formula is C24H33IN4O4. The van der Waals surface area contributed by atoms with Gasteiger partial charge in [-0.15, -0.1) is 24.0 Å². The molecule has 0 saturated carbocycles. The van der Waals surface area contributed by atoms with Crippen molar-refractivity contribution in [3.8, 4) is 17.2 Å². The minimum Gasteiger partial charge on any atom is -0.497 e. The second-order valence-corrected chi connectivity index (χ2v) is 7.70. The molecule has 2 heterocycles. The highest BCUT2D eigenvalue weighted by molar-refractivity contribution is 14.0. The maximum absolute atomic E-state index is 5.57. The number of morpholine rings is 1. The van der Waals surface area contributed by atoms with Crippen LogP contribution in [0.1, 0.15) is 24.1 Å². The van der Waals surface area contributed by atoms with E-state index in [1.54, 1.807) is 7.11 Å². The van der Waals surface area contributed by atoms with Gasteiger partial charge in [0.1, 0.15) is 5.75 Å². The lowest BCUT2D eigenvalue weighted by Crippen LogP contribution is -2.46. The van der Waals surface area contributed by atoms with Crippen molar-refractivity contribution in [3.05, 3.63) is 53.6 Å². The van der Waals surface area contributed by atoms with Crippen molar-refractivity contribution < 1.29 is 18.9 Å². The van der Waals surface area contributed by atoms with Gasteiger partial charge in [-0.1, -0.05) is 18.2 Å². The van der Waals surface area contributed by atoms with Gasteiger partial charge in [0.2, 0.25) is 6.79 Å². The predicted molar refractivity (Wildman–Crippen MR) is 139 cm³/mol. The molecule has 9 heteroatoms. The molecule has 2 aliphatic heterocycles. The van der Waals surface area contributed by atoms with Gasteiger partial charge in [-0.25, -0.2) is 4.99 Å². The Labute approximate surface area is 212 Å². The van der Waals surface area contributed by atoms with Crippen molar-refractivity contribution in [3.63, 3.8) is 0 Å². The van der Waals surface area contributed by atoms with Crippen LogP contribution in [-0.2, 0) is 11.3 Å². The van der Waals surface area contributed by atoms with E-state index in [2.05, 4.69) is 34.6 Å². The topological polar surface area (TPSA) is 76.6 Å². The summed E-state index contributed by atoms with van der Waals surface area (Å²) < 4.78 is 21.8. The summed E-state index contributed by atoms with van der Waals surface area (Å²) >= 11 is 0. The molecule has 4 rings (SSSR count). The van der Waals surface area contributed by atoms with Gasteiger partial charge >= 0.3 is 0 Å². The average Bonchev–Trinajstić information content (AvgIpc) is 3.31. The number of guanidine groups is 1. The van der Waals surface area contributed by atoms with Crippen LogP contribution in [0.3, 0.4) is 0 Å². The maximum Gasteiger partial charge on any atom is 0.231 e. The Balaban J connectivity index is 0.00000306. The molecule has 33 heavy (non-hydrogen) atoms. The van der Waals surface area contributed by atoms with E-state index in [-0.39, 0.29) is 36.8 Å². The molecule has 1 unspecified atom stereocenters. The number of hydrogen-bond donors (Lipinski definition) is 2. The van der Waals surface area contributed by atoms with Gasteiger partial charge in [0.05, 0.1) is 32.9 Å². The summed E-state index contributed by atoms with van der Waals surface area (Å²) in [6.45, 7) is 7.75. The lowest BCUT2D eigenvalue weighted by molar-refractivity contribution is 0.0170. The Morgan fingerprint density at radius 2 is 1.82 bits per heavy atom. The summed E-state index contributed by atoms with van der Waals surface area (Å²) in [6, 6.07) is 14.5. The number of methoxy groups -OCH3 is 1. The van der Waals surface area contributed by atoms with Crippen molar-refractivity contribution in [2.75, 3.05) is 53.3 Å². The van der Waals surface area contributed by atoms with Crippen LogP contribution < -0.4 is 24.8 Å². The zero-order valence-corrected chi connectivity index (χ0v) is 21.5. The van der Waals surface area contributed by atoms with E-state index >= 15 is 0 Å². The highest BCUT2D eigenvalue weighted by Gasteiger charge is 2.23. The van der Waals surface area contributed by atoms with Crippen LogP contribution in [0.15, 0.2) is 47.5 Å². The third-order valence-corrected chi connectivity index (χ3v) is 5.65. The fourth-order valence-electron chi connectivity index (χ4n) is 3.92. The molecule has 1 fully saturated rings. The quantitative estimate of drug-likeness (QED) is 0.288. The summed E-state index contributed by atoms with van der Waals surface area (Å²) in [5.74, 6) is 3.22. The SMILES string of the molecule is CCNC(=NCc1ccc2c(c1)OCO2)NCC(c1ccc(OC)cc1)N1CCOCC1.I. The van der Waals surface area contributed by atoms with Crippen LogP contribution in [0, 0.1) is 0 Å². The smallest absolute Gasteiger partial charge is 0.231 e. The van der Waals surface area contributed by atoms with Crippen molar-refractivity contribution >= 4 is 29.9 Å². The fraction of sp³-hybridized carbons (Fsp3) is 0.458. The van der Waals surface area contributed by atoms with Gasteiger partial charge in [-0.3, -0.25) is 4.90 Å². The lowest BCUT2D eigenvalue weighted by Gasteiger charge is -2.35. The number of rotatable bonds is 8. The highest BCUT2D eigenvalue weighted by Crippen LogP contribution is 2.32. The Morgan fingerprint density at radius 1 is 1.06 bits per heavy atom. The second-order valence-electron chi connectivity index (χ2n) is 7.70. The molecule has 0 aliphatic carbocycles. The van der Waals surface area contributed by atoms with E-state index < -0.39 is 0 Å². The number of fused-ring (bicyclic) bond motifs is 1. The van der Waals surface area contributed by atoms with E-state index in [0.717, 1.165) is 68.2 Å². The molecule has 0 radical (unpaired) electrons. The molecule has 1 saturated heterocycles. The molecule has 0 amide bonds. The Hall–Kier alpha value is -2.24. The number of benzene rings is 2. The fourth-order valence-corrected chi connectivity index (χ4v) is 3.92. The molecule has 0 spiro atoms. The first-order valence-corrected chi connectivity index (χ1v) is 11.1. The molecule has 8 nitrogen and oxygen atoms in total. The van der Waals surface area contributed by atoms with Gasteiger partial charge in [-0.05, 0) is 42.3 Å². The third-order valence-electron chi connectivity index (χ3n) is 5.65. The lowest BCUT2D eigenvalue weighted by atomic mass is 10.0. The van der Waals surface area contributed by atoms with Crippen LogP contribution in [0.5, 0.6) is 17.2 Å². The molecule has 1 atom stereocenters. The van der Waals surface area contributed by atoms with Crippen molar-refractivity contribution in [2.24, 2.45) is 4.99 Å². The first-order chi connectivity index (χ1) is 15.8. The summed E-state index contributed by atoms with van der Waals surface area (Å²) in [5.41, 5.74) is 2.32. The normalized spacial score (nSPS) is 16.6. The molecule has 2 aliphatic rings. The monoisotopic (exact) mass is 568 g/mol. The molecular weight excluding hydrogens is 535 g/mol. The second kappa shape index (κ2) is 12.9. The molecule has 0 bridgehead atoms. The third kappa shape index (κ3) is 6.87. The summed E-state index contributed by atoms with van der Waals surface area (Å²) in [5, 5.41) is 6.89. The number of aliphatic imine (C=N–C) groups is 1. The maximum atomic E-state index is 5.57. The summed E-state index contributed by atoms with van der Waals surface area (Å²) in [4.78, 5) is 7.24. The number of nitrogens with zero attached hydrogens (tertiary/aromatic N) is 2. The van der Waals surface area contributed by atoms with Gasteiger partial charge in [-0.2, -0.15) is 0 Å².